The van der Waals surface area contributed by atoms with Crippen molar-refractivity contribution in [2.45, 2.75) is 0 Å². The third-order valence-corrected chi connectivity index (χ3v) is 4.03. The van der Waals surface area contributed by atoms with Gasteiger partial charge in [-0.25, -0.2) is 15.8 Å². The van der Waals surface area contributed by atoms with Crippen molar-refractivity contribution in [1.82, 2.24) is 14.4 Å². The highest BCUT2D eigenvalue weighted by atomic mass is 127. The van der Waals surface area contributed by atoms with E-state index in [0.717, 1.165) is 19.4 Å². The molecule has 3 rings (SSSR count). The molecule has 0 saturated carbocycles. The Hall–Kier alpha value is -1.39. The largest absolute Gasteiger partial charge is 0.336 e. The monoisotopic (exact) mass is 444 g/mol. The van der Waals surface area contributed by atoms with Crippen LogP contribution < -0.4 is 16.6 Å². The number of fused-ring (bicyclic) bond motifs is 1. The number of rotatable bonds is 3. The average Bonchev–Trinajstić information content (AvgIpc) is 2.90. The van der Waals surface area contributed by atoms with Gasteiger partial charge < -0.3 is 15.1 Å². The van der Waals surface area contributed by atoms with Gasteiger partial charge in [0.25, 0.3) is 0 Å². The van der Waals surface area contributed by atoms with Crippen LogP contribution in [-0.2, 0) is 0 Å². The van der Waals surface area contributed by atoms with Gasteiger partial charge in [-0.1, -0.05) is 0 Å². The van der Waals surface area contributed by atoms with E-state index in [0.29, 0.717) is 11.6 Å². The van der Waals surface area contributed by atoms with Crippen molar-refractivity contribution >= 4 is 61.5 Å². The van der Waals surface area contributed by atoms with Crippen LogP contribution in [-0.4, -0.2) is 14.4 Å². The van der Waals surface area contributed by atoms with Crippen molar-refractivity contribution in [1.29, 1.82) is 0 Å². The molecular weight excluding hydrogens is 435 g/mol. The summed E-state index contributed by atoms with van der Waals surface area (Å²) in [7, 11) is 0. The standard InChI is InChI=1S/C12H10BrIN6/c13-8-5-7(14)1-2-9(8)17-11-12-16-3-4-20(12)6-10(18-11)19-15/h1-6,19H,15H2,(H,17,18). The van der Waals surface area contributed by atoms with E-state index in [-0.39, 0.29) is 0 Å². The number of hydrogen-bond acceptors (Lipinski definition) is 5. The van der Waals surface area contributed by atoms with Crippen molar-refractivity contribution in [3.05, 3.63) is 44.8 Å². The highest BCUT2D eigenvalue weighted by molar-refractivity contribution is 14.1. The summed E-state index contributed by atoms with van der Waals surface area (Å²) in [6, 6.07) is 6.02. The quantitative estimate of drug-likeness (QED) is 0.328. The molecule has 0 aliphatic heterocycles. The summed E-state index contributed by atoms with van der Waals surface area (Å²) in [5, 5.41) is 3.26. The first kappa shape index (κ1) is 13.6. The summed E-state index contributed by atoms with van der Waals surface area (Å²) in [6.45, 7) is 0. The van der Waals surface area contributed by atoms with Crippen molar-refractivity contribution < 1.29 is 0 Å². The van der Waals surface area contributed by atoms with Crippen LogP contribution in [0.5, 0.6) is 0 Å². The maximum atomic E-state index is 5.44. The highest BCUT2D eigenvalue weighted by Crippen LogP contribution is 2.28. The first-order valence-corrected chi connectivity index (χ1v) is 7.57. The number of aromatic nitrogens is 3. The average molecular weight is 445 g/mol. The lowest BCUT2D eigenvalue weighted by Gasteiger charge is -2.11. The Balaban J connectivity index is 2.07. The van der Waals surface area contributed by atoms with Gasteiger partial charge in [0, 0.05) is 20.4 Å². The number of nitrogens with one attached hydrogen (secondary N) is 2. The van der Waals surface area contributed by atoms with Crippen LogP contribution in [0.3, 0.4) is 0 Å². The number of imidazole rings is 1. The predicted octanol–water partition coefficient (Wildman–Crippen LogP) is 3.13. The van der Waals surface area contributed by atoms with E-state index in [1.54, 1.807) is 12.4 Å². The molecule has 8 heteroatoms. The minimum Gasteiger partial charge on any atom is -0.336 e. The molecular formula is C12H10BrIN6. The number of nitrogen functional groups attached to an aromatic ring is 1. The van der Waals surface area contributed by atoms with E-state index in [1.807, 2.05) is 28.8 Å². The number of hydrogen-bond donors (Lipinski definition) is 3. The van der Waals surface area contributed by atoms with Gasteiger partial charge >= 0.3 is 0 Å². The number of nitrogens with two attached hydrogens (primary N) is 1. The van der Waals surface area contributed by atoms with Gasteiger partial charge in [0.1, 0.15) is 0 Å². The number of halogens is 2. The molecule has 1 aromatic carbocycles. The van der Waals surface area contributed by atoms with Gasteiger partial charge in [-0.2, -0.15) is 0 Å². The van der Waals surface area contributed by atoms with Crippen molar-refractivity contribution in [3.63, 3.8) is 0 Å². The normalized spacial score (nSPS) is 10.8. The molecule has 4 N–H and O–H groups in total. The fourth-order valence-corrected chi connectivity index (χ4v) is 3.20. The highest BCUT2D eigenvalue weighted by Gasteiger charge is 2.09. The van der Waals surface area contributed by atoms with Crippen molar-refractivity contribution in [2.24, 2.45) is 5.84 Å². The smallest absolute Gasteiger partial charge is 0.180 e. The van der Waals surface area contributed by atoms with Crippen LogP contribution in [0.1, 0.15) is 0 Å². The SMILES string of the molecule is NNc1cn2ccnc2c(Nc2ccc(I)cc2Br)n1. The second-order valence-corrected chi connectivity index (χ2v) is 6.13. The molecule has 0 atom stereocenters. The molecule has 0 unspecified atom stereocenters. The zero-order valence-electron chi connectivity index (χ0n) is 10.1. The fraction of sp³-hybridized carbons (Fsp3) is 0. The molecule has 0 saturated heterocycles. The summed E-state index contributed by atoms with van der Waals surface area (Å²) in [4.78, 5) is 8.69. The molecule has 3 aromatic rings. The van der Waals surface area contributed by atoms with Gasteiger partial charge in [0.2, 0.25) is 0 Å². The molecule has 2 aromatic heterocycles. The van der Waals surface area contributed by atoms with Crippen LogP contribution in [0.15, 0.2) is 41.3 Å². The van der Waals surface area contributed by atoms with E-state index in [4.69, 9.17) is 5.84 Å². The topological polar surface area (TPSA) is 80.3 Å². The van der Waals surface area contributed by atoms with Crippen LogP contribution in [0.2, 0.25) is 0 Å². The zero-order chi connectivity index (χ0) is 14.1. The third kappa shape index (κ3) is 2.58. The van der Waals surface area contributed by atoms with Gasteiger partial charge in [0.05, 0.1) is 11.9 Å². The number of benzene rings is 1. The molecule has 0 aliphatic rings. The Morgan fingerprint density at radius 1 is 1.35 bits per heavy atom. The Morgan fingerprint density at radius 2 is 2.20 bits per heavy atom. The van der Waals surface area contributed by atoms with E-state index in [1.165, 1.54) is 0 Å². The Bertz CT molecular complexity index is 772. The number of hydrazine groups is 1. The Kier molecular flexibility index (Phi) is 3.76. The summed E-state index contributed by atoms with van der Waals surface area (Å²) in [6.07, 6.45) is 5.33. The van der Waals surface area contributed by atoms with Crippen LogP contribution >= 0.6 is 38.5 Å². The van der Waals surface area contributed by atoms with Crippen molar-refractivity contribution in [2.75, 3.05) is 10.7 Å². The second-order valence-electron chi connectivity index (χ2n) is 4.03. The lowest BCUT2D eigenvalue weighted by atomic mass is 10.3. The van der Waals surface area contributed by atoms with E-state index < -0.39 is 0 Å². The minimum absolute atomic E-state index is 0.555. The summed E-state index contributed by atoms with van der Waals surface area (Å²) in [5.41, 5.74) is 4.19. The lowest BCUT2D eigenvalue weighted by Crippen LogP contribution is -2.11. The fourth-order valence-electron chi connectivity index (χ4n) is 1.80. The van der Waals surface area contributed by atoms with Gasteiger partial charge in [-0.05, 0) is 56.7 Å². The predicted molar refractivity (Wildman–Crippen MR) is 90.9 cm³/mol. The second kappa shape index (κ2) is 5.54. The summed E-state index contributed by atoms with van der Waals surface area (Å²) < 4.78 is 3.96. The van der Waals surface area contributed by atoms with Crippen LogP contribution in [0.4, 0.5) is 17.3 Å². The lowest BCUT2D eigenvalue weighted by molar-refractivity contribution is 1.11. The third-order valence-electron chi connectivity index (χ3n) is 2.71. The molecule has 6 nitrogen and oxygen atoms in total. The summed E-state index contributed by atoms with van der Waals surface area (Å²) in [5.74, 6) is 6.62. The Morgan fingerprint density at radius 3 is 2.95 bits per heavy atom. The molecule has 0 aliphatic carbocycles. The van der Waals surface area contributed by atoms with Crippen molar-refractivity contribution in [3.8, 4) is 0 Å². The molecule has 2 heterocycles. The van der Waals surface area contributed by atoms with Crippen LogP contribution in [0, 0.1) is 3.57 Å². The molecule has 0 bridgehead atoms. The number of anilines is 3. The molecule has 102 valence electrons. The van der Waals surface area contributed by atoms with Gasteiger partial charge in [-0.15, -0.1) is 0 Å². The molecule has 0 amide bonds. The maximum Gasteiger partial charge on any atom is 0.180 e. The Labute approximate surface area is 137 Å². The first-order valence-electron chi connectivity index (χ1n) is 5.70. The van der Waals surface area contributed by atoms with Gasteiger partial charge in [-0.3, -0.25) is 0 Å². The van der Waals surface area contributed by atoms with Crippen LogP contribution in [0.25, 0.3) is 5.65 Å². The zero-order valence-corrected chi connectivity index (χ0v) is 13.9. The number of nitrogens with zero attached hydrogens (tertiary/aromatic N) is 3. The summed E-state index contributed by atoms with van der Waals surface area (Å²) >= 11 is 5.79. The first-order chi connectivity index (χ1) is 9.67. The maximum absolute atomic E-state index is 5.44. The minimum atomic E-state index is 0.555. The molecule has 0 fully saturated rings. The van der Waals surface area contributed by atoms with E-state index in [2.05, 4.69) is 59.2 Å². The van der Waals surface area contributed by atoms with E-state index >= 15 is 0 Å². The molecule has 0 spiro atoms. The molecule has 20 heavy (non-hydrogen) atoms. The molecule has 0 radical (unpaired) electrons. The van der Waals surface area contributed by atoms with E-state index in [9.17, 15) is 0 Å². The van der Waals surface area contributed by atoms with Gasteiger partial charge in [0.15, 0.2) is 17.3 Å².